The summed E-state index contributed by atoms with van der Waals surface area (Å²) >= 11 is 2.42. The minimum atomic E-state index is -0.0146. The third kappa shape index (κ3) is 10.9. The first-order valence-electron chi connectivity index (χ1n) is 6.11. The third-order valence-corrected chi connectivity index (χ3v) is 3.27. The van der Waals surface area contributed by atoms with E-state index in [1.54, 1.807) is 14.2 Å². The van der Waals surface area contributed by atoms with E-state index >= 15 is 0 Å². The minimum Gasteiger partial charge on any atom is -0.356 e. The van der Waals surface area contributed by atoms with Gasteiger partial charge >= 0.3 is 0 Å². The maximum absolute atomic E-state index is 5.13. The van der Waals surface area contributed by atoms with E-state index in [1.807, 2.05) is 0 Å². The van der Waals surface area contributed by atoms with Crippen molar-refractivity contribution in [2.75, 3.05) is 18.6 Å². The van der Waals surface area contributed by atoms with Crippen LogP contribution in [-0.2, 0) is 9.47 Å². The van der Waals surface area contributed by atoms with Crippen molar-refractivity contribution in [2.45, 2.75) is 51.2 Å². The second kappa shape index (κ2) is 13.5. The van der Waals surface area contributed by atoms with Crippen molar-refractivity contribution in [3.63, 3.8) is 0 Å². The van der Waals surface area contributed by atoms with Crippen molar-refractivity contribution >= 4 is 22.6 Å². The summed E-state index contributed by atoms with van der Waals surface area (Å²) in [7, 11) is 3.40. The zero-order chi connectivity index (χ0) is 12.1. The van der Waals surface area contributed by atoms with Crippen LogP contribution in [0.25, 0.3) is 0 Å². The van der Waals surface area contributed by atoms with Crippen LogP contribution in [-0.4, -0.2) is 24.9 Å². The van der Waals surface area contributed by atoms with Gasteiger partial charge in [-0.3, -0.25) is 0 Å². The number of allylic oxidation sites excluding steroid dienone is 2. The maximum atomic E-state index is 5.13. The maximum Gasteiger partial charge on any atom is 0.156 e. The quantitative estimate of drug-likeness (QED) is 0.183. The molecule has 0 rings (SSSR count). The Labute approximate surface area is 114 Å². The van der Waals surface area contributed by atoms with E-state index in [9.17, 15) is 0 Å². The Kier molecular flexibility index (Phi) is 13.8. The summed E-state index contributed by atoms with van der Waals surface area (Å²) in [5, 5.41) is 0. The minimum absolute atomic E-state index is 0.0146. The average molecular weight is 340 g/mol. The van der Waals surface area contributed by atoms with Gasteiger partial charge in [0, 0.05) is 14.2 Å². The summed E-state index contributed by atoms with van der Waals surface area (Å²) in [5.41, 5.74) is 0. The molecule has 0 unspecified atom stereocenters. The zero-order valence-corrected chi connectivity index (χ0v) is 12.7. The van der Waals surface area contributed by atoms with Crippen molar-refractivity contribution in [1.29, 1.82) is 0 Å². The Hall–Kier alpha value is 0.390. The molecule has 0 aromatic rings. The summed E-state index contributed by atoms with van der Waals surface area (Å²) in [6, 6.07) is 0. The van der Waals surface area contributed by atoms with Gasteiger partial charge in [0.1, 0.15) is 0 Å². The highest BCUT2D eigenvalue weighted by Gasteiger charge is 2.02. The highest BCUT2D eigenvalue weighted by atomic mass is 127. The van der Waals surface area contributed by atoms with Crippen LogP contribution in [0.2, 0.25) is 0 Å². The number of methoxy groups -OCH3 is 2. The first kappa shape index (κ1) is 16.4. The highest BCUT2D eigenvalue weighted by Crippen LogP contribution is 2.09. The number of halogens is 1. The molecular formula is C13H25IO2. The first-order valence-corrected chi connectivity index (χ1v) is 7.64. The Balaban J connectivity index is 3.17. The molecule has 0 bridgehead atoms. The van der Waals surface area contributed by atoms with E-state index in [4.69, 9.17) is 9.47 Å². The molecule has 96 valence electrons. The molecule has 0 aromatic carbocycles. The van der Waals surface area contributed by atoms with Crippen LogP contribution in [0.5, 0.6) is 0 Å². The molecule has 0 N–H and O–H groups in total. The number of hydrogen-bond donors (Lipinski definition) is 0. The summed E-state index contributed by atoms with van der Waals surface area (Å²) in [6.45, 7) is 0. The van der Waals surface area contributed by atoms with Gasteiger partial charge in [0.2, 0.25) is 0 Å². The predicted octanol–water partition coefficient (Wildman–Crippen LogP) is 4.33. The second-order valence-corrected chi connectivity index (χ2v) is 4.92. The van der Waals surface area contributed by atoms with Crippen molar-refractivity contribution in [3.05, 3.63) is 12.2 Å². The number of hydrogen-bond acceptors (Lipinski definition) is 2. The monoisotopic (exact) mass is 340 g/mol. The fourth-order valence-corrected chi connectivity index (χ4v) is 1.95. The van der Waals surface area contributed by atoms with Crippen molar-refractivity contribution in [1.82, 2.24) is 0 Å². The molecule has 2 nitrogen and oxygen atoms in total. The lowest BCUT2D eigenvalue weighted by atomic mass is 10.1. The number of ether oxygens (including phenoxy) is 2. The first-order chi connectivity index (χ1) is 7.85. The molecule has 0 heterocycles. The van der Waals surface area contributed by atoms with Gasteiger partial charge in [0.25, 0.3) is 0 Å². The van der Waals surface area contributed by atoms with Crippen LogP contribution >= 0.6 is 22.6 Å². The molecule has 0 atom stereocenters. The second-order valence-electron chi connectivity index (χ2n) is 3.84. The molecule has 3 heteroatoms. The lowest BCUT2D eigenvalue weighted by Crippen LogP contribution is -2.12. The summed E-state index contributed by atoms with van der Waals surface area (Å²) in [4.78, 5) is 0. The van der Waals surface area contributed by atoms with Crippen LogP contribution in [0, 0.1) is 0 Å². The molecule has 0 spiro atoms. The zero-order valence-electron chi connectivity index (χ0n) is 10.6. The molecule has 0 aliphatic heterocycles. The number of unbranched alkanes of at least 4 members (excludes halogenated alkanes) is 4. The molecule has 16 heavy (non-hydrogen) atoms. The van der Waals surface area contributed by atoms with E-state index in [0.717, 1.165) is 6.42 Å². The number of rotatable bonds is 11. The van der Waals surface area contributed by atoms with E-state index < -0.39 is 0 Å². The van der Waals surface area contributed by atoms with Gasteiger partial charge in [-0.15, -0.1) is 0 Å². The fraction of sp³-hybridized carbons (Fsp3) is 0.846. The molecule has 0 amide bonds. The highest BCUT2D eigenvalue weighted by molar-refractivity contribution is 14.1. The Morgan fingerprint density at radius 1 is 0.938 bits per heavy atom. The van der Waals surface area contributed by atoms with Crippen LogP contribution in [0.4, 0.5) is 0 Å². The normalized spacial score (nSPS) is 11.8. The molecule has 0 aliphatic carbocycles. The van der Waals surface area contributed by atoms with Crippen molar-refractivity contribution in [3.8, 4) is 0 Å². The summed E-state index contributed by atoms with van der Waals surface area (Å²) in [6.07, 6.45) is 13.1. The molecule has 0 saturated heterocycles. The predicted molar refractivity (Wildman–Crippen MR) is 78.2 cm³/mol. The lowest BCUT2D eigenvalue weighted by molar-refractivity contribution is -0.107. The van der Waals surface area contributed by atoms with Crippen LogP contribution in [0.1, 0.15) is 44.9 Å². The standard InChI is InChI=1S/C13H25IO2/c1-15-13(16-2)11-9-7-5-3-4-6-8-10-12-14/h4,6,13H,3,5,7-12H2,1-2H3/b6-4+. The van der Waals surface area contributed by atoms with Crippen LogP contribution in [0.15, 0.2) is 12.2 Å². The van der Waals surface area contributed by atoms with Gasteiger partial charge in [0.15, 0.2) is 6.29 Å². The lowest BCUT2D eigenvalue weighted by Gasteiger charge is -2.12. The smallest absolute Gasteiger partial charge is 0.156 e. The van der Waals surface area contributed by atoms with Gasteiger partial charge in [-0.05, 0) is 43.0 Å². The van der Waals surface area contributed by atoms with Crippen molar-refractivity contribution < 1.29 is 9.47 Å². The number of alkyl halides is 1. The van der Waals surface area contributed by atoms with E-state index in [1.165, 1.54) is 43.0 Å². The van der Waals surface area contributed by atoms with E-state index in [0.29, 0.717) is 0 Å². The molecule has 0 saturated carbocycles. The summed E-state index contributed by atoms with van der Waals surface area (Å²) < 4.78 is 11.5. The molecule has 0 aliphatic rings. The topological polar surface area (TPSA) is 18.5 Å². The van der Waals surface area contributed by atoms with Gasteiger partial charge < -0.3 is 9.47 Å². The molecule has 0 aromatic heterocycles. The SMILES string of the molecule is COC(CCCCC/C=C/CCCI)OC. The largest absolute Gasteiger partial charge is 0.356 e. The molecule has 0 radical (unpaired) electrons. The van der Waals surface area contributed by atoms with Gasteiger partial charge in [-0.1, -0.05) is 41.2 Å². The van der Waals surface area contributed by atoms with E-state index in [-0.39, 0.29) is 6.29 Å². The third-order valence-electron chi connectivity index (χ3n) is 2.51. The Bertz CT molecular complexity index is 156. The van der Waals surface area contributed by atoms with Gasteiger partial charge in [-0.25, -0.2) is 0 Å². The van der Waals surface area contributed by atoms with Gasteiger partial charge in [-0.2, -0.15) is 0 Å². The average Bonchev–Trinajstić information content (AvgIpc) is 2.32. The fourth-order valence-electron chi connectivity index (χ4n) is 1.51. The van der Waals surface area contributed by atoms with Crippen LogP contribution < -0.4 is 0 Å². The molecule has 0 fully saturated rings. The van der Waals surface area contributed by atoms with Crippen LogP contribution in [0.3, 0.4) is 0 Å². The van der Waals surface area contributed by atoms with Crippen molar-refractivity contribution in [2.24, 2.45) is 0 Å². The van der Waals surface area contributed by atoms with Gasteiger partial charge in [0.05, 0.1) is 0 Å². The van der Waals surface area contributed by atoms with E-state index in [2.05, 4.69) is 34.7 Å². The Morgan fingerprint density at radius 2 is 1.56 bits per heavy atom. The molecular weight excluding hydrogens is 315 g/mol. The summed E-state index contributed by atoms with van der Waals surface area (Å²) in [5.74, 6) is 0. The Morgan fingerprint density at radius 3 is 2.12 bits per heavy atom.